The third-order valence-electron chi connectivity index (χ3n) is 5.19. The third-order valence-corrected chi connectivity index (χ3v) is 5.97. The van der Waals surface area contributed by atoms with E-state index in [1.165, 1.54) is 11.3 Å². The minimum absolute atomic E-state index is 0.122. The van der Waals surface area contributed by atoms with E-state index in [0.717, 1.165) is 31.7 Å². The summed E-state index contributed by atoms with van der Waals surface area (Å²) in [5.41, 5.74) is 1.65. The fourth-order valence-electron chi connectivity index (χ4n) is 4.00. The fraction of sp³-hybridized carbons (Fsp3) is 0.474. The number of benzene rings is 1. The maximum atomic E-state index is 12.5. The Morgan fingerprint density at radius 1 is 1.27 bits per heavy atom. The average molecular weight is 373 g/mol. The highest BCUT2D eigenvalue weighted by molar-refractivity contribution is 7.11. The molecule has 2 aromatic rings. The molecular weight excluding hydrogens is 350 g/mol. The Morgan fingerprint density at radius 2 is 2.04 bits per heavy atom. The summed E-state index contributed by atoms with van der Waals surface area (Å²) in [4.78, 5) is 19.4. The molecule has 1 saturated carbocycles. The van der Waals surface area contributed by atoms with Crippen LogP contribution in [0.5, 0.6) is 5.75 Å². The lowest BCUT2D eigenvalue weighted by molar-refractivity contribution is 0.0139. The molecule has 7 heteroatoms. The maximum absolute atomic E-state index is 12.5. The van der Waals surface area contributed by atoms with Crippen LogP contribution in [0.25, 0.3) is 0 Å². The second-order valence-electron chi connectivity index (χ2n) is 6.87. The van der Waals surface area contributed by atoms with Gasteiger partial charge in [0, 0.05) is 6.42 Å². The second-order valence-corrected chi connectivity index (χ2v) is 7.76. The van der Waals surface area contributed by atoms with Crippen LogP contribution in [0.15, 0.2) is 42.0 Å². The molecule has 1 saturated heterocycles. The normalized spacial score (nSPS) is 29.0. The molecule has 1 aliphatic carbocycles. The van der Waals surface area contributed by atoms with Gasteiger partial charge in [-0.15, -0.1) is 11.3 Å². The quantitative estimate of drug-likeness (QED) is 0.838. The molecule has 0 radical (unpaired) electrons. The van der Waals surface area contributed by atoms with Crippen LogP contribution in [0, 0.1) is 0 Å². The minimum atomic E-state index is -0.639. The van der Waals surface area contributed by atoms with Gasteiger partial charge in [0.15, 0.2) is 0 Å². The highest BCUT2D eigenvalue weighted by Gasteiger charge is 2.47. The van der Waals surface area contributed by atoms with E-state index in [-0.39, 0.29) is 24.1 Å². The van der Waals surface area contributed by atoms with Crippen LogP contribution in [0.2, 0.25) is 0 Å². The number of nitrogens with one attached hydrogen (secondary N) is 1. The lowest BCUT2D eigenvalue weighted by atomic mass is 10.1. The van der Waals surface area contributed by atoms with Crippen molar-refractivity contribution in [1.29, 1.82) is 0 Å². The average Bonchev–Trinajstić information content (AvgIpc) is 3.39. The summed E-state index contributed by atoms with van der Waals surface area (Å²) in [7, 11) is 0. The van der Waals surface area contributed by atoms with Crippen molar-refractivity contribution in [3.8, 4) is 5.75 Å². The molecule has 1 aliphatic heterocycles. The van der Waals surface area contributed by atoms with Crippen molar-refractivity contribution in [3.63, 3.8) is 0 Å². The van der Waals surface area contributed by atoms with Crippen molar-refractivity contribution in [2.45, 2.75) is 43.6 Å². The number of carbonyl (C=O) groups excluding carboxylic acids is 1. The molecule has 1 amide bonds. The summed E-state index contributed by atoms with van der Waals surface area (Å²) >= 11 is 1.32. The number of ether oxygens (including phenoxy) is 1. The molecule has 4 atom stereocenters. The van der Waals surface area contributed by atoms with E-state index < -0.39 is 6.10 Å². The molecule has 6 nitrogen and oxygen atoms in total. The van der Waals surface area contributed by atoms with Gasteiger partial charge in [-0.2, -0.15) is 0 Å². The summed E-state index contributed by atoms with van der Waals surface area (Å²) in [6.45, 7) is 1.90. The lowest BCUT2D eigenvalue weighted by Crippen LogP contribution is -2.52. The molecule has 1 aromatic heterocycles. The predicted octanol–water partition coefficient (Wildman–Crippen LogP) is 1.92. The van der Waals surface area contributed by atoms with Gasteiger partial charge in [-0.25, -0.2) is 0 Å². The first-order chi connectivity index (χ1) is 12.7. The molecule has 26 heavy (non-hydrogen) atoms. The number of nitrogens with zero attached hydrogens (tertiary/aromatic N) is 2. The minimum Gasteiger partial charge on any atom is -0.488 e. The zero-order valence-corrected chi connectivity index (χ0v) is 15.3. The SMILES string of the molecule is O=C(N[C@@H]1C[C@@H](Oc2ccccc2)[C@H](O)[C@H]1N1CCCC1)c1cncs1. The van der Waals surface area contributed by atoms with Crippen LogP contribution >= 0.6 is 11.3 Å². The van der Waals surface area contributed by atoms with Gasteiger partial charge < -0.3 is 15.2 Å². The molecule has 138 valence electrons. The van der Waals surface area contributed by atoms with E-state index in [2.05, 4.69) is 15.2 Å². The molecule has 0 spiro atoms. The summed E-state index contributed by atoms with van der Waals surface area (Å²) in [6, 6.07) is 9.27. The number of aliphatic hydroxyl groups is 1. The van der Waals surface area contributed by atoms with E-state index in [1.54, 1.807) is 11.7 Å². The molecule has 0 bridgehead atoms. The highest BCUT2D eigenvalue weighted by Crippen LogP contribution is 2.31. The van der Waals surface area contributed by atoms with Gasteiger partial charge in [-0.05, 0) is 38.1 Å². The largest absolute Gasteiger partial charge is 0.488 e. The highest BCUT2D eigenvalue weighted by atomic mass is 32.1. The van der Waals surface area contributed by atoms with Crippen LogP contribution in [0.1, 0.15) is 28.9 Å². The summed E-state index contributed by atoms with van der Waals surface area (Å²) in [5.74, 6) is 0.611. The van der Waals surface area contributed by atoms with Gasteiger partial charge in [0.1, 0.15) is 22.8 Å². The van der Waals surface area contributed by atoms with Crippen molar-refractivity contribution in [2.75, 3.05) is 13.1 Å². The van der Waals surface area contributed by atoms with E-state index in [1.807, 2.05) is 30.3 Å². The Hall–Kier alpha value is -1.96. The topological polar surface area (TPSA) is 74.7 Å². The number of rotatable bonds is 5. The van der Waals surface area contributed by atoms with Crippen molar-refractivity contribution in [1.82, 2.24) is 15.2 Å². The zero-order chi connectivity index (χ0) is 17.9. The van der Waals surface area contributed by atoms with Crippen LogP contribution in [-0.2, 0) is 0 Å². The number of likely N-dealkylation sites (tertiary alicyclic amines) is 1. The molecule has 1 aromatic carbocycles. The summed E-state index contributed by atoms with van der Waals surface area (Å²) < 4.78 is 6.04. The Labute approximate surface area is 156 Å². The Bertz CT molecular complexity index is 719. The number of aromatic nitrogens is 1. The molecule has 0 unspecified atom stereocenters. The molecule has 2 fully saturated rings. The van der Waals surface area contributed by atoms with Crippen LogP contribution in [0.4, 0.5) is 0 Å². The van der Waals surface area contributed by atoms with Crippen LogP contribution < -0.4 is 10.1 Å². The van der Waals surface area contributed by atoms with Crippen molar-refractivity contribution >= 4 is 17.2 Å². The van der Waals surface area contributed by atoms with Crippen molar-refractivity contribution in [2.24, 2.45) is 0 Å². The number of para-hydroxylation sites is 1. The standard InChI is InChI=1S/C19H23N3O3S/c23-18-15(25-13-6-2-1-3-7-13)10-14(17(18)22-8-4-5-9-22)21-19(24)16-11-20-12-26-16/h1-3,6-7,11-12,14-15,17-18,23H,4-5,8-10H2,(H,21,24)/t14-,15-,17+,18+/m1/s1. The maximum Gasteiger partial charge on any atom is 0.263 e. The first-order valence-electron chi connectivity index (χ1n) is 9.05. The zero-order valence-electron chi connectivity index (χ0n) is 14.5. The third kappa shape index (κ3) is 3.60. The molecular formula is C19H23N3O3S. The van der Waals surface area contributed by atoms with Crippen molar-refractivity contribution < 1.29 is 14.6 Å². The molecule has 2 N–H and O–H groups in total. The first-order valence-corrected chi connectivity index (χ1v) is 9.93. The Kier molecular flexibility index (Phi) is 5.19. The lowest BCUT2D eigenvalue weighted by Gasteiger charge is -2.31. The Balaban J connectivity index is 1.51. The predicted molar refractivity (Wildman–Crippen MR) is 99.4 cm³/mol. The number of thiazole rings is 1. The van der Waals surface area contributed by atoms with Crippen LogP contribution in [-0.4, -0.2) is 58.3 Å². The van der Waals surface area contributed by atoms with E-state index in [4.69, 9.17) is 4.74 Å². The number of hydrogen-bond acceptors (Lipinski definition) is 6. The Morgan fingerprint density at radius 3 is 2.73 bits per heavy atom. The van der Waals surface area contributed by atoms with E-state index in [0.29, 0.717) is 11.3 Å². The smallest absolute Gasteiger partial charge is 0.263 e. The molecule has 2 aliphatic rings. The number of aliphatic hydroxyl groups excluding tert-OH is 1. The fourth-order valence-corrected chi connectivity index (χ4v) is 4.52. The first kappa shape index (κ1) is 17.5. The van der Waals surface area contributed by atoms with Gasteiger partial charge in [0.2, 0.25) is 0 Å². The summed E-state index contributed by atoms with van der Waals surface area (Å²) in [5, 5.41) is 14.1. The molecule has 4 rings (SSSR count). The van der Waals surface area contributed by atoms with Gasteiger partial charge in [0.05, 0.1) is 23.8 Å². The second kappa shape index (κ2) is 7.73. The van der Waals surface area contributed by atoms with Crippen LogP contribution in [0.3, 0.4) is 0 Å². The van der Waals surface area contributed by atoms with Gasteiger partial charge in [0.25, 0.3) is 5.91 Å². The number of carbonyl (C=O) groups is 1. The van der Waals surface area contributed by atoms with E-state index in [9.17, 15) is 9.90 Å². The number of amides is 1. The van der Waals surface area contributed by atoms with E-state index >= 15 is 0 Å². The molecule has 2 heterocycles. The van der Waals surface area contributed by atoms with Gasteiger partial charge in [-0.1, -0.05) is 18.2 Å². The van der Waals surface area contributed by atoms with Gasteiger partial charge >= 0.3 is 0 Å². The van der Waals surface area contributed by atoms with Crippen molar-refractivity contribution in [3.05, 3.63) is 46.9 Å². The summed E-state index contributed by atoms with van der Waals surface area (Å²) in [6.07, 6.45) is 3.44. The van der Waals surface area contributed by atoms with Gasteiger partial charge in [-0.3, -0.25) is 14.7 Å². The monoisotopic (exact) mass is 373 g/mol. The number of hydrogen-bond donors (Lipinski definition) is 2.